The molecule has 0 aromatic carbocycles. The predicted octanol–water partition coefficient (Wildman–Crippen LogP) is 3.22. The third kappa shape index (κ3) is 3.12. The molecule has 1 heterocycles. The van der Waals surface area contributed by atoms with Gasteiger partial charge in [-0.25, -0.2) is 9.97 Å². The van der Waals surface area contributed by atoms with Gasteiger partial charge in [-0.05, 0) is 26.2 Å². The summed E-state index contributed by atoms with van der Waals surface area (Å²) >= 11 is 0. The van der Waals surface area contributed by atoms with Crippen LogP contribution in [0, 0.1) is 0 Å². The maximum atomic E-state index is 4.42. The Balaban J connectivity index is 2.12. The van der Waals surface area contributed by atoms with Gasteiger partial charge < -0.3 is 10.6 Å². The molecule has 0 unspecified atom stereocenters. The Morgan fingerprint density at radius 3 is 2.50 bits per heavy atom. The first-order valence-electron chi connectivity index (χ1n) is 7.19. The highest BCUT2D eigenvalue weighted by molar-refractivity contribution is 5.57. The summed E-state index contributed by atoms with van der Waals surface area (Å²) in [5.74, 6) is 2.00. The lowest BCUT2D eigenvalue weighted by Crippen LogP contribution is -2.24. The molecule has 0 aliphatic heterocycles. The van der Waals surface area contributed by atoms with Crippen molar-refractivity contribution in [3.05, 3.63) is 11.9 Å². The van der Waals surface area contributed by atoms with E-state index in [1.165, 1.54) is 37.7 Å². The molecule has 0 bridgehead atoms. The van der Waals surface area contributed by atoms with Crippen molar-refractivity contribution in [2.45, 2.75) is 58.4 Å². The Hall–Kier alpha value is -1.32. The lowest BCUT2D eigenvalue weighted by Gasteiger charge is -2.24. The number of nitrogens with one attached hydrogen (secondary N) is 2. The molecular formula is C14H24N4. The van der Waals surface area contributed by atoms with Gasteiger partial charge in [0.15, 0.2) is 0 Å². The number of aromatic nitrogens is 2. The van der Waals surface area contributed by atoms with Crippen LogP contribution < -0.4 is 10.6 Å². The van der Waals surface area contributed by atoms with Crippen LogP contribution in [-0.2, 0) is 6.42 Å². The molecule has 1 fully saturated rings. The van der Waals surface area contributed by atoms with E-state index in [2.05, 4.69) is 34.4 Å². The van der Waals surface area contributed by atoms with Crippen molar-refractivity contribution >= 4 is 11.6 Å². The second kappa shape index (κ2) is 6.57. The van der Waals surface area contributed by atoms with E-state index in [-0.39, 0.29) is 0 Å². The summed E-state index contributed by atoms with van der Waals surface area (Å²) in [6.45, 7) is 5.15. The van der Waals surface area contributed by atoms with E-state index in [1.54, 1.807) is 6.33 Å². The molecule has 1 saturated carbocycles. The van der Waals surface area contributed by atoms with Crippen LogP contribution in [0.5, 0.6) is 0 Å². The molecular weight excluding hydrogens is 224 g/mol. The van der Waals surface area contributed by atoms with E-state index in [0.29, 0.717) is 6.04 Å². The number of hydrogen-bond donors (Lipinski definition) is 2. The largest absolute Gasteiger partial charge is 0.370 e. The minimum atomic E-state index is 0.591. The first-order chi connectivity index (χ1) is 8.85. The fraction of sp³-hybridized carbons (Fsp3) is 0.714. The third-order valence-corrected chi connectivity index (χ3v) is 3.59. The number of anilines is 2. The van der Waals surface area contributed by atoms with Gasteiger partial charge >= 0.3 is 0 Å². The zero-order valence-electron chi connectivity index (χ0n) is 11.5. The molecule has 1 aromatic rings. The summed E-state index contributed by atoms with van der Waals surface area (Å²) in [6, 6.07) is 0.591. The zero-order valence-corrected chi connectivity index (χ0v) is 11.5. The molecule has 0 amide bonds. The molecule has 0 spiro atoms. The fourth-order valence-corrected chi connectivity index (χ4v) is 2.63. The van der Waals surface area contributed by atoms with Crippen LogP contribution in [-0.4, -0.2) is 22.6 Å². The molecule has 1 aliphatic rings. The second-order valence-corrected chi connectivity index (χ2v) is 4.91. The summed E-state index contributed by atoms with van der Waals surface area (Å²) in [6.07, 6.45) is 9.20. The highest BCUT2D eigenvalue weighted by Crippen LogP contribution is 2.25. The SMILES string of the molecule is CCNc1ncnc(NC2CCCCC2)c1CC. The van der Waals surface area contributed by atoms with Crippen LogP contribution >= 0.6 is 0 Å². The van der Waals surface area contributed by atoms with Crippen LogP contribution in [0.4, 0.5) is 11.6 Å². The standard InChI is InChI=1S/C14H24N4/c1-3-12-13(15-4-2)16-10-17-14(12)18-11-8-6-5-7-9-11/h10-11H,3-9H2,1-2H3,(H2,15,16,17,18). The van der Waals surface area contributed by atoms with Gasteiger partial charge in [0.25, 0.3) is 0 Å². The monoisotopic (exact) mass is 248 g/mol. The van der Waals surface area contributed by atoms with Gasteiger partial charge in [-0.2, -0.15) is 0 Å². The summed E-state index contributed by atoms with van der Waals surface area (Å²) in [4.78, 5) is 8.76. The van der Waals surface area contributed by atoms with Crippen LogP contribution in [0.2, 0.25) is 0 Å². The minimum Gasteiger partial charge on any atom is -0.370 e. The summed E-state index contributed by atoms with van der Waals surface area (Å²) in [7, 11) is 0. The Morgan fingerprint density at radius 2 is 1.83 bits per heavy atom. The maximum Gasteiger partial charge on any atom is 0.134 e. The smallest absolute Gasteiger partial charge is 0.134 e. The predicted molar refractivity (Wildman–Crippen MR) is 76.1 cm³/mol. The lowest BCUT2D eigenvalue weighted by atomic mass is 9.95. The average Bonchev–Trinajstić information content (AvgIpc) is 2.41. The van der Waals surface area contributed by atoms with Crippen molar-refractivity contribution in [1.82, 2.24) is 9.97 Å². The molecule has 2 rings (SSSR count). The molecule has 1 aromatic heterocycles. The van der Waals surface area contributed by atoms with Crippen molar-refractivity contribution in [2.24, 2.45) is 0 Å². The first kappa shape index (κ1) is 13.1. The molecule has 0 radical (unpaired) electrons. The summed E-state index contributed by atoms with van der Waals surface area (Å²) in [5, 5.41) is 6.92. The topological polar surface area (TPSA) is 49.8 Å². The molecule has 4 heteroatoms. The van der Waals surface area contributed by atoms with E-state index in [9.17, 15) is 0 Å². The minimum absolute atomic E-state index is 0.591. The van der Waals surface area contributed by atoms with Crippen LogP contribution in [0.3, 0.4) is 0 Å². The fourth-order valence-electron chi connectivity index (χ4n) is 2.63. The quantitative estimate of drug-likeness (QED) is 0.840. The van der Waals surface area contributed by atoms with Gasteiger partial charge in [0.2, 0.25) is 0 Å². The van der Waals surface area contributed by atoms with E-state index < -0.39 is 0 Å². The van der Waals surface area contributed by atoms with Crippen molar-refractivity contribution < 1.29 is 0 Å². The molecule has 4 nitrogen and oxygen atoms in total. The first-order valence-corrected chi connectivity index (χ1v) is 7.19. The summed E-state index contributed by atoms with van der Waals surface area (Å²) in [5.41, 5.74) is 1.21. The van der Waals surface area contributed by atoms with Crippen molar-refractivity contribution in [3.8, 4) is 0 Å². The maximum absolute atomic E-state index is 4.42. The Morgan fingerprint density at radius 1 is 1.11 bits per heavy atom. The normalized spacial score (nSPS) is 16.6. The van der Waals surface area contributed by atoms with E-state index in [4.69, 9.17) is 0 Å². The van der Waals surface area contributed by atoms with Crippen molar-refractivity contribution in [3.63, 3.8) is 0 Å². The molecule has 1 aliphatic carbocycles. The second-order valence-electron chi connectivity index (χ2n) is 4.91. The van der Waals surface area contributed by atoms with Crippen molar-refractivity contribution in [1.29, 1.82) is 0 Å². The van der Waals surface area contributed by atoms with E-state index >= 15 is 0 Å². The number of nitrogens with zero attached hydrogens (tertiary/aromatic N) is 2. The van der Waals surface area contributed by atoms with Gasteiger partial charge in [0.1, 0.15) is 18.0 Å². The Labute approximate surface area is 110 Å². The number of hydrogen-bond acceptors (Lipinski definition) is 4. The van der Waals surface area contributed by atoms with E-state index in [0.717, 1.165) is 24.6 Å². The summed E-state index contributed by atoms with van der Waals surface area (Å²) < 4.78 is 0. The van der Waals surface area contributed by atoms with Crippen LogP contribution in [0.15, 0.2) is 6.33 Å². The third-order valence-electron chi connectivity index (χ3n) is 3.59. The highest BCUT2D eigenvalue weighted by atomic mass is 15.1. The van der Waals surface area contributed by atoms with Crippen LogP contribution in [0.1, 0.15) is 51.5 Å². The lowest BCUT2D eigenvalue weighted by molar-refractivity contribution is 0.461. The highest BCUT2D eigenvalue weighted by Gasteiger charge is 2.16. The molecule has 2 N–H and O–H groups in total. The zero-order chi connectivity index (χ0) is 12.8. The molecule has 18 heavy (non-hydrogen) atoms. The van der Waals surface area contributed by atoms with Gasteiger partial charge in [0, 0.05) is 18.2 Å². The van der Waals surface area contributed by atoms with Gasteiger partial charge in [-0.3, -0.25) is 0 Å². The van der Waals surface area contributed by atoms with Crippen LogP contribution in [0.25, 0.3) is 0 Å². The number of rotatable bonds is 5. The van der Waals surface area contributed by atoms with Crippen molar-refractivity contribution in [2.75, 3.05) is 17.2 Å². The van der Waals surface area contributed by atoms with E-state index in [1.807, 2.05) is 0 Å². The molecule has 0 atom stereocenters. The molecule has 0 saturated heterocycles. The molecule has 100 valence electrons. The Bertz CT molecular complexity index is 372. The van der Waals surface area contributed by atoms with Gasteiger partial charge in [0.05, 0.1) is 0 Å². The Kier molecular flexibility index (Phi) is 4.79. The average molecular weight is 248 g/mol. The van der Waals surface area contributed by atoms with Gasteiger partial charge in [-0.1, -0.05) is 26.2 Å². The van der Waals surface area contributed by atoms with Gasteiger partial charge in [-0.15, -0.1) is 0 Å².